The third kappa shape index (κ3) is 6.54. The molecule has 138 valence electrons. The first-order chi connectivity index (χ1) is 11.6. The molecule has 1 rings (SSSR count). The molecule has 25 heavy (non-hydrogen) atoms. The number of aryl methyl sites for hydroxylation is 1. The van der Waals surface area contributed by atoms with Crippen LogP contribution in [0.5, 0.6) is 0 Å². The number of hydrogen-bond acceptors (Lipinski definition) is 3. The Kier molecular flexibility index (Phi) is 7.57. The van der Waals surface area contributed by atoms with Gasteiger partial charge < -0.3 is 20.0 Å². The standard InChI is InChI=1S/C18H28N4O3/c1-13-7-9-15(10-8-13)19-16(23)11-22(6)18(25)14(2)21(5)12-17(24)20(3)4/h7-10,14H,11-12H2,1-6H3,(H,19,23)/p+1/t14-/m0/s1. The minimum Gasteiger partial charge on any atom is -0.344 e. The fourth-order valence-corrected chi connectivity index (χ4v) is 2.22. The number of benzene rings is 1. The number of nitrogens with one attached hydrogen (secondary N) is 2. The average Bonchev–Trinajstić information content (AvgIpc) is 2.55. The van der Waals surface area contributed by atoms with E-state index in [4.69, 9.17) is 0 Å². The molecule has 0 aliphatic carbocycles. The highest BCUT2D eigenvalue weighted by molar-refractivity contribution is 5.95. The summed E-state index contributed by atoms with van der Waals surface area (Å²) in [6.07, 6.45) is 0. The average molecular weight is 349 g/mol. The summed E-state index contributed by atoms with van der Waals surface area (Å²) in [5.41, 5.74) is 1.81. The van der Waals surface area contributed by atoms with Crippen LogP contribution in [0.4, 0.5) is 5.69 Å². The maximum Gasteiger partial charge on any atom is 0.280 e. The molecule has 0 saturated carbocycles. The first-order valence-electron chi connectivity index (χ1n) is 8.25. The smallest absolute Gasteiger partial charge is 0.280 e. The van der Waals surface area contributed by atoms with Gasteiger partial charge in [0.2, 0.25) is 5.91 Å². The Morgan fingerprint density at radius 2 is 1.68 bits per heavy atom. The van der Waals surface area contributed by atoms with Crippen molar-refractivity contribution < 1.29 is 19.3 Å². The van der Waals surface area contributed by atoms with E-state index in [-0.39, 0.29) is 30.8 Å². The zero-order valence-electron chi connectivity index (χ0n) is 15.9. The van der Waals surface area contributed by atoms with E-state index in [1.54, 1.807) is 35.1 Å². The SMILES string of the molecule is Cc1ccc(NC(=O)CN(C)C(=O)[C@H](C)[NH+](C)CC(=O)N(C)C)cc1. The van der Waals surface area contributed by atoms with Crippen molar-refractivity contribution in [1.82, 2.24) is 9.80 Å². The quantitative estimate of drug-likeness (QED) is 0.689. The van der Waals surface area contributed by atoms with Gasteiger partial charge in [0.05, 0.1) is 13.6 Å². The minimum absolute atomic E-state index is 0.0358. The van der Waals surface area contributed by atoms with Gasteiger partial charge in [-0.05, 0) is 26.0 Å². The van der Waals surface area contributed by atoms with Crippen LogP contribution in [-0.2, 0) is 14.4 Å². The Balaban J connectivity index is 2.55. The van der Waals surface area contributed by atoms with Gasteiger partial charge in [-0.25, -0.2) is 0 Å². The van der Waals surface area contributed by atoms with Gasteiger partial charge in [-0.1, -0.05) is 17.7 Å². The fraction of sp³-hybridized carbons (Fsp3) is 0.500. The molecule has 0 spiro atoms. The molecule has 7 heteroatoms. The van der Waals surface area contributed by atoms with Gasteiger partial charge in [0.1, 0.15) is 0 Å². The third-order valence-electron chi connectivity index (χ3n) is 4.13. The van der Waals surface area contributed by atoms with Crippen LogP contribution in [-0.4, -0.2) is 74.8 Å². The molecule has 0 radical (unpaired) electrons. The van der Waals surface area contributed by atoms with Crippen molar-refractivity contribution in [2.24, 2.45) is 0 Å². The molecular formula is C18H29N4O3+. The van der Waals surface area contributed by atoms with Crippen LogP contribution in [0.15, 0.2) is 24.3 Å². The van der Waals surface area contributed by atoms with E-state index in [0.29, 0.717) is 5.69 Å². The van der Waals surface area contributed by atoms with Crippen molar-refractivity contribution in [2.75, 3.05) is 46.6 Å². The molecule has 1 unspecified atom stereocenters. The van der Waals surface area contributed by atoms with E-state index in [0.717, 1.165) is 10.5 Å². The lowest BCUT2D eigenvalue weighted by Crippen LogP contribution is -3.15. The third-order valence-corrected chi connectivity index (χ3v) is 4.13. The molecule has 0 aliphatic rings. The van der Waals surface area contributed by atoms with Crippen molar-refractivity contribution in [1.29, 1.82) is 0 Å². The van der Waals surface area contributed by atoms with E-state index in [1.165, 1.54) is 9.80 Å². The van der Waals surface area contributed by atoms with Crippen molar-refractivity contribution in [3.63, 3.8) is 0 Å². The summed E-state index contributed by atoms with van der Waals surface area (Å²) in [5, 5.41) is 2.77. The summed E-state index contributed by atoms with van der Waals surface area (Å²) in [6, 6.07) is 7.05. The molecule has 0 aromatic heterocycles. The number of rotatable bonds is 7. The number of anilines is 1. The Labute approximate surface area is 149 Å². The van der Waals surface area contributed by atoms with Gasteiger partial charge in [-0.2, -0.15) is 0 Å². The zero-order valence-corrected chi connectivity index (χ0v) is 15.9. The molecule has 0 aliphatic heterocycles. The van der Waals surface area contributed by atoms with E-state index < -0.39 is 6.04 Å². The molecule has 0 heterocycles. The maximum atomic E-state index is 12.5. The summed E-state index contributed by atoms with van der Waals surface area (Å²) in [5.74, 6) is -0.478. The van der Waals surface area contributed by atoms with Gasteiger partial charge in [-0.15, -0.1) is 0 Å². The molecule has 3 amide bonds. The number of amides is 3. The Morgan fingerprint density at radius 1 is 1.12 bits per heavy atom. The molecule has 1 aromatic rings. The largest absolute Gasteiger partial charge is 0.344 e. The fourth-order valence-electron chi connectivity index (χ4n) is 2.22. The van der Waals surface area contributed by atoms with E-state index >= 15 is 0 Å². The van der Waals surface area contributed by atoms with Gasteiger partial charge in [0, 0.05) is 26.8 Å². The number of likely N-dealkylation sites (N-methyl/N-ethyl adjacent to an activating group) is 3. The number of quaternary nitrogens is 1. The maximum absolute atomic E-state index is 12.5. The van der Waals surface area contributed by atoms with Crippen LogP contribution in [0.25, 0.3) is 0 Å². The number of hydrogen-bond donors (Lipinski definition) is 2. The highest BCUT2D eigenvalue weighted by Gasteiger charge is 2.28. The highest BCUT2D eigenvalue weighted by atomic mass is 16.2. The Hall–Kier alpha value is -2.41. The first kappa shape index (κ1) is 20.6. The number of carbonyl (C=O) groups is 3. The van der Waals surface area contributed by atoms with Crippen molar-refractivity contribution >= 4 is 23.4 Å². The molecule has 1 aromatic carbocycles. The van der Waals surface area contributed by atoms with Crippen LogP contribution in [0, 0.1) is 6.92 Å². The second kappa shape index (κ2) is 9.17. The Morgan fingerprint density at radius 3 is 2.20 bits per heavy atom. The van der Waals surface area contributed by atoms with Gasteiger partial charge in [0.15, 0.2) is 12.6 Å². The normalized spacial score (nSPS) is 12.9. The second-order valence-corrected chi connectivity index (χ2v) is 6.64. The lowest BCUT2D eigenvalue weighted by molar-refractivity contribution is -0.886. The Bertz CT molecular complexity index is 613. The molecular weight excluding hydrogens is 320 g/mol. The monoisotopic (exact) mass is 349 g/mol. The summed E-state index contributed by atoms with van der Waals surface area (Å²) >= 11 is 0. The van der Waals surface area contributed by atoms with Crippen LogP contribution in [0.3, 0.4) is 0 Å². The predicted molar refractivity (Wildman–Crippen MR) is 97.4 cm³/mol. The molecule has 0 bridgehead atoms. The van der Waals surface area contributed by atoms with Crippen molar-refractivity contribution in [3.8, 4) is 0 Å². The highest BCUT2D eigenvalue weighted by Crippen LogP contribution is 2.08. The van der Waals surface area contributed by atoms with Gasteiger partial charge >= 0.3 is 0 Å². The van der Waals surface area contributed by atoms with Crippen LogP contribution in [0.1, 0.15) is 12.5 Å². The van der Waals surface area contributed by atoms with Crippen molar-refractivity contribution in [2.45, 2.75) is 19.9 Å². The van der Waals surface area contributed by atoms with Crippen LogP contribution < -0.4 is 10.2 Å². The molecule has 0 fully saturated rings. The lowest BCUT2D eigenvalue weighted by Gasteiger charge is -2.25. The van der Waals surface area contributed by atoms with Crippen LogP contribution >= 0.6 is 0 Å². The van der Waals surface area contributed by atoms with E-state index in [9.17, 15) is 14.4 Å². The van der Waals surface area contributed by atoms with Crippen molar-refractivity contribution in [3.05, 3.63) is 29.8 Å². The van der Waals surface area contributed by atoms with Crippen LogP contribution in [0.2, 0.25) is 0 Å². The summed E-state index contributed by atoms with van der Waals surface area (Å²) in [7, 11) is 6.76. The second-order valence-electron chi connectivity index (χ2n) is 6.64. The minimum atomic E-state index is -0.416. The predicted octanol–water partition coefficient (Wildman–Crippen LogP) is -0.617. The first-order valence-corrected chi connectivity index (χ1v) is 8.25. The van der Waals surface area contributed by atoms with E-state index in [1.807, 2.05) is 31.2 Å². The van der Waals surface area contributed by atoms with E-state index in [2.05, 4.69) is 5.32 Å². The molecule has 0 saturated heterocycles. The summed E-state index contributed by atoms with van der Waals surface area (Å²) in [6.45, 7) is 3.92. The number of nitrogens with zero attached hydrogens (tertiary/aromatic N) is 2. The zero-order chi connectivity index (χ0) is 19.1. The summed E-state index contributed by atoms with van der Waals surface area (Å²) < 4.78 is 0. The van der Waals surface area contributed by atoms with Gasteiger partial charge in [0.25, 0.3) is 11.8 Å². The molecule has 7 nitrogen and oxygen atoms in total. The topological polar surface area (TPSA) is 74.2 Å². The molecule has 2 N–H and O–H groups in total. The molecule has 2 atom stereocenters. The lowest BCUT2D eigenvalue weighted by atomic mass is 10.2. The number of carbonyl (C=O) groups excluding carboxylic acids is 3. The van der Waals surface area contributed by atoms with Gasteiger partial charge in [-0.3, -0.25) is 14.4 Å². The summed E-state index contributed by atoms with van der Waals surface area (Å²) in [4.78, 5) is 40.0.